The van der Waals surface area contributed by atoms with Gasteiger partial charge >= 0.3 is 11.9 Å². The van der Waals surface area contributed by atoms with Gasteiger partial charge in [-0.25, -0.2) is 0 Å². The summed E-state index contributed by atoms with van der Waals surface area (Å²) in [5, 5.41) is 3.38. The summed E-state index contributed by atoms with van der Waals surface area (Å²) < 4.78 is 5.41. The SMILES string of the molecule is CCCCCCCCCC(=O)OCCCC[C@H]1CCCCCC[C@@H](C)NC(N)=[NH+]1. The second-order valence-corrected chi connectivity index (χ2v) is 8.88. The van der Waals surface area contributed by atoms with Gasteiger partial charge in [-0.1, -0.05) is 71.1 Å². The van der Waals surface area contributed by atoms with Gasteiger partial charge in [-0.15, -0.1) is 0 Å². The minimum Gasteiger partial charge on any atom is -0.466 e. The van der Waals surface area contributed by atoms with Crippen LogP contribution >= 0.6 is 0 Å². The molecule has 0 radical (unpaired) electrons. The highest BCUT2D eigenvalue weighted by Gasteiger charge is 2.14. The molecule has 170 valence electrons. The number of nitrogens with one attached hydrogen (secondary N) is 2. The van der Waals surface area contributed by atoms with Crippen LogP contribution in [0.4, 0.5) is 0 Å². The molecule has 0 saturated heterocycles. The molecule has 0 unspecified atom stereocenters. The molecule has 0 aromatic heterocycles. The zero-order valence-electron chi connectivity index (χ0n) is 19.3. The van der Waals surface area contributed by atoms with E-state index in [4.69, 9.17) is 10.5 Å². The number of hydrogen-bond donors (Lipinski definition) is 3. The van der Waals surface area contributed by atoms with E-state index in [-0.39, 0.29) is 5.97 Å². The summed E-state index contributed by atoms with van der Waals surface area (Å²) >= 11 is 0. The smallest absolute Gasteiger partial charge is 0.341 e. The van der Waals surface area contributed by atoms with Gasteiger partial charge in [0.05, 0.1) is 18.7 Å². The number of guanidine groups is 1. The number of ether oxygens (including phenoxy) is 1. The van der Waals surface area contributed by atoms with Gasteiger partial charge in [0.1, 0.15) is 0 Å². The first-order valence-electron chi connectivity index (χ1n) is 12.4. The molecule has 1 rings (SSSR count). The average molecular weight is 411 g/mol. The third-order valence-electron chi connectivity index (χ3n) is 5.90. The quantitative estimate of drug-likeness (QED) is 0.317. The zero-order valence-corrected chi connectivity index (χ0v) is 19.3. The number of nitrogens with two attached hydrogens (primary N) is 1. The Kier molecular flexibility index (Phi) is 15.6. The Bertz CT molecular complexity index is 440. The van der Waals surface area contributed by atoms with Crippen LogP contribution in [-0.2, 0) is 9.53 Å². The fraction of sp³-hybridized carbons (Fsp3) is 0.917. The predicted molar refractivity (Wildman–Crippen MR) is 122 cm³/mol. The van der Waals surface area contributed by atoms with Crippen LogP contribution in [-0.4, -0.2) is 30.6 Å². The van der Waals surface area contributed by atoms with Gasteiger partial charge in [-0.2, -0.15) is 0 Å². The molecule has 0 fully saturated rings. The molecular weight excluding hydrogens is 362 g/mol. The lowest BCUT2D eigenvalue weighted by Gasteiger charge is -2.13. The largest absolute Gasteiger partial charge is 0.466 e. The average Bonchev–Trinajstić information content (AvgIpc) is 2.72. The van der Waals surface area contributed by atoms with Gasteiger partial charge in [0.25, 0.3) is 0 Å². The molecule has 0 saturated carbocycles. The Morgan fingerprint density at radius 1 is 1.00 bits per heavy atom. The molecule has 5 heteroatoms. The minimum absolute atomic E-state index is 0.0256. The molecule has 1 heterocycles. The highest BCUT2D eigenvalue weighted by molar-refractivity contribution is 5.72. The van der Waals surface area contributed by atoms with E-state index in [2.05, 4.69) is 24.2 Å². The van der Waals surface area contributed by atoms with E-state index in [0.29, 0.717) is 31.1 Å². The number of carbonyl (C=O) groups is 1. The van der Waals surface area contributed by atoms with Crippen LogP contribution < -0.4 is 16.0 Å². The van der Waals surface area contributed by atoms with Crippen molar-refractivity contribution in [2.24, 2.45) is 5.73 Å². The topological polar surface area (TPSA) is 78.3 Å². The normalized spacial score (nSPS) is 21.0. The fourth-order valence-electron chi connectivity index (χ4n) is 4.06. The summed E-state index contributed by atoms with van der Waals surface area (Å²) in [5.74, 6) is 0.688. The minimum atomic E-state index is -0.0256. The van der Waals surface area contributed by atoms with Crippen molar-refractivity contribution in [2.75, 3.05) is 6.61 Å². The fourth-order valence-corrected chi connectivity index (χ4v) is 4.06. The van der Waals surface area contributed by atoms with Crippen LogP contribution in [0.3, 0.4) is 0 Å². The summed E-state index contributed by atoms with van der Waals surface area (Å²) in [6, 6.07) is 0.841. The summed E-state index contributed by atoms with van der Waals surface area (Å²) in [6.07, 6.45) is 19.7. The van der Waals surface area contributed by atoms with E-state index in [9.17, 15) is 4.79 Å². The molecule has 0 spiro atoms. The molecule has 0 amide bonds. The highest BCUT2D eigenvalue weighted by Crippen LogP contribution is 2.12. The summed E-state index contributed by atoms with van der Waals surface area (Å²) in [4.78, 5) is 15.3. The molecule has 1 aliphatic heterocycles. The Balaban J connectivity index is 2.11. The third-order valence-corrected chi connectivity index (χ3v) is 5.90. The number of esters is 1. The first-order valence-corrected chi connectivity index (χ1v) is 12.4. The lowest BCUT2D eigenvalue weighted by Crippen LogP contribution is -2.84. The van der Waals surface area contributed by atoms with E-state index < -0.39 is 0 Å². The Morgan fingerprint density at radius 3 is 2.45 bits per heavy atom. The van der Waals surface area contributed by atoms with Crippen molar-refractivity contribution < 1.29 is 14.5 Å². The van der Waals surface area contributed by atoms with Crippen molar-refractivity contribution in [1.82, 2.24) is 5.32 Å². The van der Waals surface area contributed by atoms with E-state index in [1.165, 1.54) is 64.2 Å². The molecular formula is C24H48N3O2+. The Hall–Kier alpha value is -1.26. The monoisotopic (exact) mass is 410 g/mol. The molecule has 1 aliphatic rings. The van der Waals surface area contributed by atoms with Gasteiger partial charge in [-0.05, 0) is 45.4 Å². The second-order valence-electron chi connectivity index (χ2n) is 8.88. The van der Waals surface area contributed by atoms with Crippen LogP contribution in [0, 0.1) is 0 Å². The van der Waals surface area contributed by atoms with Crippen LogP contribution in [0.2, 0.25) is 0 Å². The second kappa shape index (κ2) is 17.6. The van der Waals surface area contributed by atoms with Crippen molar-refractivity contribution >= 4 is 11.9 Å². The van der Waals surface area contributed by atoms with Crippen molar-refractivity contribution in [3.8, 4) is 0 Å². The Morgan fingerprint density at radius 2 is 1.69 bits per heavy atom. The standard InChI is InChI=1S/C24H47N3O2/c1-3-4-5-6-7-8-13-19-23(28)29-20-15-14-18-22-17-12-10-9-11-16-21(2)26-24(25)27-22/h21-22H,3-20H2,1-2H3,(H3,25,26,27)/p+1/t21-,22-/m1/s1. The highest BCUT2D eigenvalue weighted by atomic mass is 16.5. The first-order chi connectivity index (χ1) is 14.1. The molecule has 5 nitrogen and oxygen atoms in total. The van der Waals surface area contributed by atoms with Crippen molar-refractivity contribution in [1.29, 1.82) is 0 Å². The van der Waals surface area contributed by atoms with Crippen LogP contribution in [0.1, 0.15) is 123 Å². The molecule has 0 aromatic rings. The molecule has 0 bridgehead atoms. The van der Waals surface area contributed by atoms with Gasteiger partial charge in [-0.3, -0.25) is 20.8 Å². The zero-order chi connectivity index (χ0) is 21.2. The van der Waals surface area contributed by atoms with Crippen molar-refractivity contribution in [3.63, 3.8) is 0 Å². The van der Waals surface area contributed by atoms with Crippen molar-refractivity contribution in [2.45, 2.75) is 135 Å². The molecule has 2 atom stereocenters. The number of carbonyl (C=O) groups excluding carboxylic acids is 1. The van der Waals surface area contributed by atoms with E-state index in [1.54, 1.807) is 0 Å². The maximum atomic E-state index is 11.8. The molecule has 0 aromatic carbocycles. The summed E-state index contributed by atoms with van der Waals surface area (Å²) in [6.45, 7) is 4.98. The summed E-state index contributed by atoms with van der Waals surface area (Å²) in [5.41, 5.74) is 6.14. The molecule has 29 heavy (non-hydrogen) atoms. The lowest BCUT2D eigenvalue weighted by molar-refractivity contribution is -0.508. The third kappa shape index (κ3) is 15.3. The van der Waals surface area contributed by atoms with Gasteiger partial charge in [0.15, 0.2) is 0 Å². The Labute approximate surface area is 179 Å². The number of rotatable bonds is 13. The van der Waals surface area contributed by atoms with Crippen LogP contribution in [0.5, 0.6) is 0 Å². The van der Waals surface area contributed by atoms with E-state index in [0.717, 1.165) is 38.5 Å². The van der Waals surface area contributed by atoms with Crippen LogP contribution in [0.15, 0.2) is 0 Å². The number of hydrogen-bond acceptors (Lipinski definition) is 4. The molecule has 0 aliphatic carbocycles. The van der Waals surface area contributed by atoms with Gasteiger partial charge in [0, 0.05) is 6.42 Å². The first kappa shape index (κ1) is 25.8. The maximum absolute atomic E-state index is 11.8. The van der Waals surface area contributed by atoms with E-state index in [1.807, 2.05) is 0 Å². The predicted octanol–water partition coefficient (Wildman–Crippen LogP) is 3.94. The van der Waals surface area contributed by atoms with Gasteiger partial charge < -0.3 is 4.74 Å². The summed E-state index contributed by atoms with van der Waals surface area (Å²) in [7, 11) is 0. The number of unbranched alkanes of at least 4 members (excludes halogenated alkanes) is 7. The molecule has 4 N–H and O–H groups in total. The van der Waals surface area contributed by atoms with E-state index >= 15 is 0 Å². The maximum Gasteiger partial charge on any atom is 0.341 e. The van der Waals surface area contributed by atoms with Gasteiger partial charge in [0.2, 0.25) is 0 Å². The van der Waals surface area contributed by atoms with Crippen LogP contribution in [0.25, 0.3) is 0 Å². The lowest BCUT2D eigenvalue weighted by atomic mass is 10.0. The van der Waals surface area contributed by atoms with Crippen molar-refractivity contribution in [3.05, 3.63) is 0 Å².